The van der Waals surface area contributed by atoms with Crippen LogP contribution in [0.15, 0.2) is 24.4 Å². The Morgan fingerprint density at radius 2 is 1.93 bits per heavy atom. The first kappa shape index (κ1) is 20.3. The molecule has 28 heavy (non-hydrogen) atoms. The van der Waals surface area contributed by atoms with Gasteiger partial charge in [0.2, 0.25) is 5.91 Å². The summed E-state index contributed by atoms with van der Waals surface area (Å²) in [5.41, 5.74) is 2.33. The van der Waals surface area contributed by atoms with Crippen LogP contribution in [0, 0.1) is 0 Å². The van der Waals surface area contributed by atoms with Crippen molar-refractivity contribution in [1.82, 2.24) is 19.7 Å². The third-order valence-corrected chi connectivity index (χ3v) is 5.40. The molecule has 1 atom stereocenters. The molecule has 0 bridgehead atoms. The van der Waals surface area contributed by atoms with Crippen LogP contribution >= 0.6 is 0 Å². The number of amides is 1. The number of benzene rings is 1. The maximum absolute atomic E-state index is 12.1. The number of carbonyl (C=O) groups is 2. The molecule has 1 unspecified atom stereocenters. The molecule has 152 valence electrons. The van der Waals surface area contributed by atoms with Crippen LogP contribution in [0.2, 0.25) is 0 Å². The monoisotopic (exact) mass is 388 g/mol. The van der Waals surface area contributed by atoms with Gasteiger partial charge >= 0.3 is 5.97 Å². The molecule has 1 aromatic carbocycles. The van der Waals surface area contributed by atoms with Gasteiger partial charge < -0.3 is 25.0 Å². The number of aliphatic carboxylic acids is 1. The van der Waals surface area contributed by atoms with Crippen molar-refractivity contribution in [2.75, 3.05) is 46.8 Å². The third-order valence-electron chi connectivity index (χ3n) is 5.40. The number of aromatic amines is 1. The van der Waals surface area contributed by atoms with Crippen LogP contribution in [0.1, 0.15) is 23.6 Å². The first-order valence-electron chi connectivity index (χ1n) is 9.51. The molecule has 0 aliphatic carbocycles. The van der Waals surface area contributed by atoms with E-state index in [1.165, 1.54) is 0 Å². The van der Waals surface area contributed by atoms with Crippen molar-refractivity contribution < 1.29 is 19.8 Å². The summed E-state index contributed by atoms with van der Waals surface area (Å²) >= 11 is 0. The number of H-pyrrole nitrogens is 1. The van der Waals surface area contributed by atoms with E-state index in [0.29, 0.717) is 31.6 Å². The van der Waals surface area contributed by atoms with E-state index in [0.717, 1.165) is 29.6 Å². The maximum atomic E-state index is 12.1. The number of carbonyl (C=O) groups excluding carboxylic acids is 1. The highest BCUT2D eigenvalue weighted by atomic mass is 16.4. The Bertz CT molecular complexity index is 840. The van der Waals surface area contributed by atoms with Gasteiger partial charge in [0, 0.05) is 75.9 Å². The van der Waals surface area contributed by atoms with E-state index in [1.54, 1.807) is 25.2 Å². The molecule has 0 radical (unpaired) electrons. The fourth-order valence-electron chi connectivity index (χ4n) is 3.72. The zero-order valence-corrected chi connectivity index (χ0v) is 16.4. The molecule has 0 spiro atoms. The summed E-state index contributed by atoms with van der Waals surface area (Å²) < 4.78 is 0. The Morgan fingerprint density at radius 1 is 1.21 bits per heavy atom. The number of carboxylic acids is 1. The highest BCUT2D eigenvalue weighted by Crippen LogP contribution is 2.30. The van der Waals surface area contributed by atoms with Crippen molar-refractivity contribution in [2.45, 2.75) is 19.1 Å². The lowest BCUT2D eigenvalue weighted by molar-refractivity contribution is -0.144. The molecule has 1 amide bonds. The van der Waals surface area contributed by atoms with Gasteiger partial charge in [-0.15, -0.1) is 0 Å². The van der Waals surface area contributed by atoms with Gasteiger partial charge in [-0.1, -0.05) is 6.07 Å². The summed E-state index contributed by atoms with van der Waals surface area (Å²) in [5, 5.41) is 20.2. The van der Waals surface area contributed by atoms with Crippen LogP contribution in [0.3, 0.4) is 0 Å². The van der Waals surface area contributed by atoms with Crippen LogP contribution in [-0.2, 0) is 16.2 Å². The molecule has 0 saturated carbocycles. The molecular weight excluding hydrogens is 360 g/mol. The predicted octanol–water partition coefficient (Wildman–Crippen LogP) is 0.882. The average molecular weight is 388 g/mol. The van der Waals surface area contributed by atoms with Crippen molar-refractivity contribution in [3.63, 3.8) is 0 Å². The minimum Gasteiger partial charge on any atom is -0.480 e. The number of aromatic nitrogens is 1. The topological polar surface area (TPSA) is 100 Å². The minimum absolute atomic E-state index is 0.0807. The molecule has 1 aliphatic rings. The number of nitrogens with zero attached hydrogens (tertiary/aromatic N) is 3. The summed E-state index contributed by atoms with van der Waals surface area (Å²) in [7, 11) is 3.50. The van der Waals surface area contributed by atoms with E-state index in [9.17, 15) is 19.8 Å². The van der Waals surface area contributed by atoms with Crippen LogP contribution in [0.5, 0.6) is 0 Å². The van der Waals surface area contributed by atoms with Crippen molar-refractivity contribution in [1.29, 1.82) is 0 Å². The normalized spacial score (nSPS) is 17.0. The summed E-state index contributed by atoms with van der Waals surface area (Å²) in [6.45, 7) is 3.32. The Labute approximate surface area is 164 Å². The minimum atomic E-state index is -0.883. The lowest BCUT2D eigenvalue weighted by atomic mass is 10.0. The van der Waals surface area contributed by atoms with Gasteiger partial charge in [0.1, 0.15) is 6.04 Å². The molecule has 3 rings (SSSR count). The quantitative estimate of drug-likeness (QED) is 0.651. The van der Waals surface area contributed by atoms with E-state index in [-0.39, 0.29) is 12.5 Å². The molecule has 8 heteroatoms. The van der Waals surface area contributed by atoms with Crippen LogP contribution in [-0.4, -0.2) is 88.6 Å². The largest absolute Gasteiger partial charge is 0.480 e. The van der Waals surface area contributed by atoms with Crippen molar-refractivity contribution in [3.05, 3.63) is 35.5 Å². The molecule has 3 N–H and O–H groups in total. The lowest BCUT2D eigenvalue weighted by Gasteiger charge is -2.37. The molecule has 1 saturated heterocycles. The second-order valence-electron chi connectivity index (χ2n) is 7.44. The molecule has 2 heterocycles. The Balaban J connectivity index is 1.71. The zero-order valence-electron chi connectivity index (χ0n) is 16.4. The molecule has 1 aromatic heterocycles. The van der Waals surface area contributed by atoms with Gasteiger partial charge in [-0.2, -0.15) is 0 Å². The fourth-order valence-corrected chi connectivity index (χ4v) is 3.72. The lowest BCUT2D eigenvalue weighted by Crippen LogP contribution is -2.49. The predicted molar refractivity (Wildman–Crippen MR) is 106 cm³/mol. The average Bonchev–Trinajstić information content (AvgIpc) is 3.09. The van der Waals surface area contributed by atoms with Gasteiger partial charge in [0.25, 0.3) is 0 Å². The van der Waals surface area contributed by atoms with Gasteiger partial charge in [-0.05, 0) is 17.7 Å². The van der Waals surface area contributed by atoms with Gasteiger partial charge in [-0.25, -0.2) is 0 Å². The molecular formula is C20H28N4O4. The smallest absolute Gasteiger partial charge is 0.325 e. The van der Waals surface area contributed by atoms with Crippen molar-refractivity contribution in [3.8, 4) is 0 Å². The van der Waals surface area contributed by atoms with Crippen molar-refractivity contribution >= 4 is 22.8 Å². The van der Waals surface area contributed by atoms with Crippen LogP contribution < -0.4 is 0 Å². The second kappa shape index (κ2) is 8.72. The number of piperazine rings is 1. The molecule has 1 aliphatic heterocycles. The number of nitrogens with one attached hydrogen (secondary N) is 1. The molecule has 2 aromatic rings. The Hall–Kier alpha value is -2.42. The standard InChI is InChI=1S/C20H28N4O4/c1-22(2)18(26)5-6-23-7-9-24(10-8-23)19(20(27)28)16-12-21-17-4-3-14(13-25)11-15(16)17/h3-4,11-12,19,21,25H,5-10,13H2,1-2H3,(H,27,28). The first-order chi connectivity index (χ1) is 13.4. The number of rotatable bonds is 7. The van der Waals surface area contributed by atoms with E-state index in [4.69, 9.17) is 0 Å². The first-order valence-corrected chi connectivity index (χ1v) is 9.51. The molecule has 8 nitrogen and oxygen atoms in total. The number of aliphatic hydroxyl groups is 1. The molecule has 1 fully saturated rings. The fraction of sp³-hybridized carbons (Fsp3) is 0.500. The number of fused-ring (bicyclic) bond motifs is 1. The highest BCUT2D eigenvalue weighted by molar-refractivity contribution is 5.89. The summed E-state index contributed by atoms with van der Waals surface area (Å²) in [4.78, 5) is 32.8. The van der Waals surface area contributed by atoms with E-state index in [2.05, 4.69) is 9.88 Å². The highest BCUT2D eigenvalue weighted by Gasteiger charge is 2.32. The number of hydrogen-bond donors (Lipinski definition) is 3. The summed E-state index contributed by atoms with van der Waals surface area (Å²) in [5.74, 6) is -0.782. The zero-order chi connectivity index (χ0) is 20.3. The second-order valence-corrected chi connectivity index (χ2v) is 7.44. The Morgan fingerprint density at radius 3 is 2.54 bits per heavy atom. The van der Waals surface area contributed by atoms with Gasteiger partial charge in [-0.3, -0.25) is 14.5 Å². The summed E-state index contributed by atoms with van der Waals surface area (Å²) in [6.07, 6.45) is 2.23. The van der Waals surface area contributed by atoms with Gasteiger partial charge in [0.05, 0.1) is 6.61 Å². The maximum Gasteiger partial charge on any atom is 0.325 e. The van der Waals surface area contributed by atoms with Crippen LogP contribution in [0.25, 0.3) is 10.9 Å². The van der Waals surface area contributed by atoms with E-state index in [1.807, 2.05) is 23.1 Å². The van der Waals surface area contributed by atoms with E-state index < -0.39 is 12.0 Å². The third kappa shape index (κ3) is 4.35. The summed E-state index contributed by atoms with van der Waals surface area (Å²) in [6, 6.07) is 4.79. The number of hydrogen-bond acceptors (Lipinski definition) is 5. The SMILES string of the molecule is CN(C)C(=O)CCN1CCN(C(C(=O)O)c2c[nH]c3ccc(CO)cc23)CC1. The van der Waals surface area contributed by atoms with Crippen LogP contribution in [0.4, 0.5) is 0 Å². The van der Waals surface area contributed by atoms with Gasteiger partial charge in [0.15, 0.2) is 0 Å². The van der Waals surface area contributed by atoms with E-state index >= 15 is 0 Å². The number of carboxylic acid groups (broad SMARTS) is 1. The number of aliphatic hydroxyl groups excluding tert-OH is 1. The Kier molecular flexibility index (Phi) is 6.33. The van der Waals surface area contributed by atoms with Crippen molar-refractivity contribution in [2.24, 2.45) is 0 Å².